The highest BCUT2D eigenvalue weighted by atomic mass is 16.5. The number of carbonyl (C=O) groups excluding carboxylic acids is 2. The zero-order chi connectivity index (χ0) is 11.1. The number of rotatable bonds is 6. The first-order valence-corrected chi connectivity index (χ1v) is 4.38. The minimum Gasteiger partial charge on any atom is -0.481 e. The molecule has 0 saturated heterocycles. The number of hydrogen-bond donors (Lipinski definition) is 1. The molecule has 0 fully saturated rings. The second-order valence-corrected chi connectivity index (χ2v) is 2.85. The molecule has 0 rings (SSSR count). The van der Waals surface area contributed by atoms with Crippen LogP contribution in [0.2, 0.25) is 0 Å². The van der Waals surface area contributed by atoms with Gasteiger partial charge in [-0.2, -0.15) is 0 Å². The molecule has 0 aliphatic heterocycles. The molecular formula is C9H14O5. The van der Waals surface area contributed by atoms with Crippen molar-refractivity contribution in [2.24, 2.45) is 5.92 Å². The first-order valence-electron chi connectivity index (χ1n) is 4.38. The lowest BCUT2D eigenvalue weighted by molar-refractivity contribution is -0.147. The van der Waals surface area contributed by atoms with Gasteiger partial charge in [0.1, 0.15) is 11.7 Å². The Hall–Kier alpha value is -1.39. The fourth-order valence-corrected chi connectivity index (χ4v) is 0.996. The summed E-state index contributed by atoms with van der Waals surface area (Å²) in [5.41, 5.74) is 0. The number of aliphatic carboxylic acids is 1. The predicted molar refractivity (Wildman–Crippen MR) is 47.7 cm³/mol. The summed E-state index contributed by atoms with van der Waals surface area (Å²) in [5, 5.41) is 8.61. The summed E-state index contributed by atoms with van der Waals surface area (Å²) in [6.07, 6.45) is -0.0338. The van der Waals surface area contributed by atoms with Crippen molar-refractivity contribution in [2.75, 3.05) is 6.61 Å². The van der Waals surface area contributed by atoms with Crippen molar-refractivity contribution in [1.82, 2.24) is 0 Å². The van der Waals surface area contributed by atoms with E-state index in [0.717, 1.165) is 0 Å². The van der Waals surface area contributed by atoms with E-state index < -0.39 is 23.6 Å². The molecule has 0 aromatic rings. The topological polar surface area (TPSA) is 80.7 Å². The standard InChI is InChI=1S/C9H14O5/c1-3-14-8(11)5-4-7(6(2)10)9(12)13/h7H,3-5H2,1-2H3,(H,12,13). The highest BCUT2D eigenvalue weighted by Gasteiger charge is 2.23. The number of esters is 1. The molecular weight excluding hydrogens is 188 g/mol. The van der Waals surface area contributed by atoms with Gasteiger partial charge in [0.05, 0.1) is 6.61 Å². The van der Waals surface area contributed by atoms with Gasteiger partial charge >= 0.3 is 11.9 Å². The Morgan fingerprint density at radius 1 is 1.36 bits per heavy atom. The molecule has 0 aromatic carbocycles. The maximum atomic E-state index is 10.9. The quantitative estimate of drug-likeness (QED) is 0.504. The van der Waals surface area contributed by atoms with E-state index >= 15 is 0 Å². The number of ketones is 1. The molecule has 0 spiro atoms. The Bertz CT molecular complexity index is 219. The fraction of sp³-hybridized carbons (Fsp3) is 0.667. The summed E-state index contributed by atoms with van der Waals surface area (Å²) in [6, 6.07) is 0. The Morgan fingerprint density at radius 3 is 2.29 bits per heavy atom. The molecule has 0 aliphatic rings. The van der Waals surface area contributed by atoms with Gasteiger partial charge < -0.3 is 9.84 Å². The van der Waals surface area contributed by atoms with E-state index in [2.05, 4.69) is 4.74 Å². The maximum absolute atomic E-state index is 10.9. The first-order chi connectivity index (χ1) is 6.49. The van der Waals surface area contributed by atoms with Crippen molar-refractivity contribution in [3.8, 4) is 0 Å². The molecule has 5 nitrogen and oxygen atoms in total. The van der Waals surface area contributed by atoms with Gasteiger partial charge in [-0.15, -0.1) is 0 Å². The molecule has 1 N–H and O–H groups in total. The van der Waals surface area contributed by atoms with Crippen LogP contribution in [0.1, 0.15) is 26.7 Å². The van der Waals surface area contributed by atoms with E-state index in [-0.39, 0.29) is 19.4 Å². The maximum Gasteiger partial charge on any atom is 0.314 e. The predicted octanol–water partition coefficient (Wildman–Crippen LogP) is 0.620. The smallest absolute Gasteiger partial charge is 0.314 e. The molecule has 0 heterocycles. The minimum atomic E-state index is -1.19. The van der Waals surface area contributed by atoms with Crippen LogP contribution in [0, 0.1) is 5.92 Å². The second-order valence-electron chi connectivity index (χ2n) is 2.85. The molecule has 5 heteroatoms. The van der Waals surface area contributed by atoms with E-state index in [1.165, 1.54) is 6.92 Å². The number of carboxylic acids is 1. The van der Waals surface area contributed by atoms with Gasteiger partial charge in [0.25, 0.3) is 0 Å². The second kappa shape index (κ2) is 6.12. The van der Waals surface area contributed by atoms with Crippen LogP contribution in [0.5, 0.6) is 0 Å². The monoisotopic (exact) mass is 202 g/mol. The third-order valence-corrected chi connectivity index (χ3v) is 1.73. The van der Waals surface area contributed by atoms with Crippen LogP contribution in [-0.4, -0.2) is 29.4 Å². The van der Waals surface area contributed by atoms with Gasteiger partial charge in [-0.05, 0) is 20.3 Å². The molecule has 0 aromatic heterocycles. The molecule has 1 unspecified atom stereocenters. The lowest BCUT2D eigenvalue weighted by atomic mass is 10.00. The lowest BCUT2D eigenvalue weighted by Gasteiger charge is -2.07. The summed E-state index contributed by atoms with van der Waals surface area (Å²) < 4.78 is 4.61. The molecule has 1 atom stereocenters. The Morgan fingerprint density at radius 2 is 1.93 bits per heavy atom. The molecule has 0 radical (unpaired) electrons. The zero-order valence-corrected chi connectivity index (χ0v) is 8.28. The Labute approximate surface area is 82.1 Å². The normalized spacial score (nSPS) is 11.9. The average Bonchev–Trinajstić information content (AvgIpc) is 2.03. The van der Waals surface area contributed by atoms with Crippen LogP contribution in [0.3, 0.4) is 0 Å². The summed E-state index contributed by atoms with van der Waals surface area (Å²) in [6.45, 7) is 3.12. The van der Waals surface area contributed by atoms with Crippen molar-refractivity contribution in [3.05, 3.63) is 0 Å². The van der Waals surface area contributed by atoms with Crippen molar-refractivity contribution >= 4 is 17.7 Å². The SMILES string of the molecule is CCOC(=O)CCC(C(C)=O)C(=O)O. The van der Waals surface area contributed by atoms with Crippen molar-refractivity contribution in [2.45, 2.75) is 26.7 Å². The Balaban J connectivity index is 4.01. The third-order valence-electron chi connectivity index (χ3n) is 1.73. The van der Waals surface area contributed by atoms with Crippen LogP contribution in [0.15, 0.2) is 0 Å². The largest absolute Gasteiger partial charge is 0.481 e. The number of carbonyl (C=O) groups is 3. The van der Waals surface area contributed by atoms with Gasteiger partial charge in [0, 0.05) is 6.42 Å². The van der Waals surface area contributed by atoms with E-state index in [0.29, 0.717) is 0 Å². The summed E-state index contributed by atoms with van der Waals surface area (Å²) in [7, 11) is 0. The highest BCUT2D eigenvalue weighted by Crippen LogP contribution is 2.08. The molecule has 0 bridgehead atoms. The first kappa shape index (κ1) is 12.6. The van der Waals surface area contributed by atoms with E-state index in [1.807, 2.05) is 0 Å². The summed E-state index contributed by atoms with van der Waals surface area (Å²) in [5.74, 6) is -3.21. The number of Topliss-reactive ketones (excluding diaryl/α,β-unsaturated/α-hetero) is 1. The summed E-state index contributed by atoms with van der Waals surface area (Å²) >= 11 is 0. The molecule has 0 aliphatic carbocycles. The number of carboxylic acid groups (broad SMARTS) is 1. The summed E-state index contributed by atoms with van der Waals surface area (Å²) in [4.78, 5) is 32.2. The van der Waals surface area contributed by atoms with Crippen LogP contribution in [0.4, 0.5) is 0 Å². The molecule has 80 valence electrons. The third kappa shape index (κ3) is 4.59. The number of ether oxygens (including phenoxy) is 1. The van der Waals surface area contributed by atoms with Gasteiger partial charge in [-0.25, -0.2) is 0 Å². The van der Waals surface area contributed by atoms with Gasteiger partial charge in [0.15, 0.2) is 0 Å². The van der Waals surface area contributed by atoms with Crippen LogP contribution in [0.25, 0.3) is 0 Å². The molecule has 0 amide bonds. The van der Waals surface area contributed by atoms with Gasteiger partial charge in [-0.3, -0.25) is 14.4 Å². The van der Waals surface area contributed by atoms with Crippen LogP contribution < -0.4 is 0 Å². The van der Waals surface area contributed by atoms with Gasteiger partial charge in [0.2, 0.25) is 0 Å². The zero-order valence-electron chi connectivity index (χ0n) is 8.28. The molecule has 0 saturated carbocycles. The van der Waals surface area contributed by atoms with Crippen LogP contribution in [-0.2, 0) is 19.1 Å². The van der Waals surface area contributed by atoms with Crippen molar-refractivity contribution in [1.29, 1.82) is 0 Å². The lowest BCUT2D eigenvalue weighted by Crippen LogP contribution is -2.22. The van der Waals surface area contributed by atoms with Crippen molar-refractivity contribution < 1.29 is 24.2 Å². The Kier molecular flexibility index (Phi) is 5.52. The fourth-order valence-electron chi connectivity index (χ4n) is 0.996. The molecule has 14 heavy (non-hydrogen) atoms. The van der Waals surface area contributed by atoms with Crippen molar-refractivity contribution in [3.63, 3.8) is 0 Å². The van der Waals surface area contributed by atoms with Crippen LogP contribution >= 0.6 is 0 Å². The van der Waals surface area contributed by atoms with Gasteiger partial charge in [-0.1, -0.05) is 0 Å². The van der Waals surface area contributed by atoms with E-state index in [9.17, 15) is 14.4 Å². The average molecular weight is 202 g/mol. The van der Waals surface area contributed by atoms with E-state index in [4.69, 9.17) is 5.11 Å². The number of hydrogen-bond acceptors (Lipinski definition) is 4. The minimum absolute atomic E-state index is 0.00347. The van der Waals surface area contributed by atoms with E-state index in [1.54, 1.807) is 6.92 Å². The highest BCUT2D eigenvalue weighted by molar-refractivity contribution is 5.97.